The second kappa shape index (κ2) is 5.79. The Balaban J connectivity index is 1.92. The first-order valence-corrected chi connectivity index (χ1v) is 7.57. The molecule has 22 heavy (non-hydrogen) atoms. The van der Waals surface area contributed by atoms with Crippen molar-refractivity contribution in [2.45, 2.75) is 37.6 Å². The van der Waals surface area contributed by atoms with Crippen LogP contribution in [0.1, 0.15) is 31.2 Å². The molecule has 4 heteroatoms. The molecule has 1 aliphatic heterocycles. The molecule has 1 saturated heterocycles. The molecule has 0 spiro atoms. The number of amides is 1. The van der Waals surface area contributed by atoms with E-state index in [1.165, 1.54) is 5.39 Å². The van der Waals surface area contributed by atoms with Crippen LogP contribution in [0.4, 0.5) is 0 Å². The van der Waals surface area contributed by atoms with Crippen molar-refractivity contribution in [1.29, 1.82) is 0 Å². The molecular formula is C18H19NO3. The molecule has 0 aliphatic carbocycles. The summed E-state index contributed by atoms with van der Waals surface area (Å²) in [5.41, 5.74) is 0.727. The first-order chi connectivity index (χ1) is 10.6. The Kier molecular flexibility index (Phi) is 3.84. The summed E-state index contributed by atoms with van der Waals surface area (Å²) in [6.45, 7) is 0. The van der Waals surface area contributed by atoms with E-state index < -0.39 is 11.5 Å². The molecule has 0 radical (unpaired) electrons. The Morgan fingerprint density at radius 2 is 1.95 bits per heavy atom. The van der Waals surface area contributed by atoms with Crippen LogP contribution in [-0.4, -0.2) is 22.5 Å². The van der Waals surface area contributed by atoms with Crippen molar-refractivity contribution in [3.63, 3.8) is 0 Å². The van der Waals surface area contributed by atoms with Crippen molar-refractivity contribution in [3.05, 3.63) is 48.0 Å². The Hall–Kier alpha value is -2.36. The van der Waals surface area contributed by atoms with Crippen molar-refractivity contribution in [1.82, 2.24) is 5.32 Å². The molecule has 2 N–H and O–H groups in total. The van der Waals surface area contributed by atoms with Crippen LogP contribution in [0.5, 0.6) is 0 Å². The molecular weight excluding hydrogens is 278 g/mol. The zero-order valence-corrected chi connectivity index (χ0v) is 12.3. The van der Waals surface area contributed by atoms with Crippen molar-refractivity contribution in [2.24, 2.45) is 0 Å². The molecule has 2 aromatic rings. The summed E-state index contributed by atoms with van der Waals surface area (Å²) in [7, 11) is 0. The largest absolute Gasteiger partial charge is 0.481 e. The van der Waals surface area contributed by atoms with Gasteiger partial charge in [-0.05, 0) is 35.6 Å². The van der Waals surface area contributed by atoms with E-state index in [-0.39, 0.29) is 12.3 Å². The van der Waals surface area contributed by atoms with E-state index in [1.807, 2.05) is 18.2 Å². The van der Waals surface area contributed by atoms with Crippen molar-refractivity contribution < 1.29 is 14.7 Å². The summed E-state index contributed by atoms with van der Waals surface area (Å²) >= 11 is 0. The molecule has 0 saturated carbocycles. The number of carbonyl (C=O) groups is 2. The van der Waals surface area contributed by atoms with Gasteiger partial charge < -0.3 is 10.4 Å². The van der Waals surface area contributed by atoms with Gasteiger partial charge in [0, 0.05) is 18.4 Å². The lowest BCUT2D eigenvalue weighted by Crippen LogP contribution is -2.44. The van der Waals surface area contributed by atoms with Crippen LogP contribution >= 0.6 is 0 Å². The third kappa shape index (κ3) is 2.96. The summed E-state index contributed by atoms with van der Waals surface area (Å²) < 4.78 is 0. The number of benzene rings is 2. The van der Waals surface area contributed by atoms with Gasteiger partial charge in [0.25, 0.3) is 0 Å². The summed E-state index contributed by atoms with van der Waals surface area (Å²) in [5.74, 6) is -0.802. The van der Waals surface area contributed by atoms with E-state index in [0.717, 1.165) is 10.9 Å². The van der Waals surface area contributed by atoms with E-state index in [0.29, 0.717) is 25.7 Å². The highest BCUT2D eigenvalue weighted by molar-refractivity contribution is 5.86. The molecule has 3 rings (SSSR count). The van der Waals surface area contributed by atoms with Gasteiger partial charge in [0.05, 0.1) is 0 Å². The van der Waals surface area contributed by atoms with Gasteiger partial charge in [-0.1, -0.05) is 42.5 Å². The SMILES string of the molecule is O=C(O)CCC1(Cc2cccc3ccccc23)CCC(=O)N1. The summed E-state index contributed by atoms with van der Waals surface area (Å²) in [4.78, 5) is 22.6. The number of carboxylic acids is 1. The third-order valence-corrected chi connectivity index (χ3v) is 4.46. The quantitative estimate of drug-likeness (QED) is 0.891. The summed E-state index contributed by atoms with van der Waals surface area (Å²) in [6.07, 6.45) is 2.39. The standard InChI is InChI=1S/C18H19NO3/c20-16-8-10-18(19-16,11-9-17(21)22)12-14-6-3-5-13-4-1-2-7-15(13)14/h1-7H,8-12H2,(H,19,20)(H,21,22). The summed E-state index contributed by atoms with van der Waals surface area (Å²) in [5, 5.41) is 14.3. The molecule has 1 unspecified atom stereocenters. The number of nitrogens with one attached hydrogen (secondary N) is 1. The number of aliphatic carboxylic acids is 1. The molecule has 1 amide bonds. The predicted molar refractivity (Wildman–Crippen MR) is 84.6 cm³/mol. The van der Waals surface area contributed by atoms with E-state index in [1.54, 1.807) is 0 Å². The van der Waals surface area contributed by atoms with E-state index in [2.05, 4.69) is 29.6 Å². The predicted octanol–water partition coefficient (Wildman–Crippen LogP) is 2.90. The van der Waals surface area contributed by atoms with Crippen molar-refractivity contribution >= 4 is 22.6 Å². The van der Waals surface area contributed by atoms with E-state index in [9.17, 15) is 9.59 Å². The number of carbonyl (C=O) groups excluding carboxylic acids is 1. The minimum absolute atomic E-state index is 0.0191. The average molecular weight is 297 g/mol. The van der Waals surface area contributed by atoms with Crippen LogP contribution in [0.25, 0.3) is 10.8 Å². The maximum absolute atomic E-state index is 11.7. The second-order valence-corrected chi connectivity index (χ2v) is 6.04. The molecule has 1 fully saturated rings. The van der Waals surface area contributed by atoms with Gasteiger partial charge in [-0.2, -0.15) is 0 Å². The van der Waals surface area contributed by atoms with Gasteiger partial charge in [-0.3, -0.25) is 9.59 Å². The highest BCUT2D eigenvalue weighted by Crippen LogP contribution is 2.32. The third-order valence-electron chi connectivity index (χ3n) is 4.46. The number of hydrogen-bond acceptors (Lipinski definition) is 2. The second-order valence-electron chi connectivity index (χ2n) is 6.04. The fourth-order valence-corrected chi connectivity index (χ4v) is 3.34. The van der Waals surface area contributed by atoms with Gasteiger partial charge in [0.2, 0.25) is 5.91 Å². The molecule has 4 nitrogen and oxygen atoms in total. The fraction of sp³-hybridized carbons (Fsp3) is 0.333. The fourth-order valence-electron chi connectivity index (χ4n) is 3.34. The van der Waals surface area contributed by atoms with Crippen molar-refractivity contribution in [3.8, 4) is 0 Å². The van der Waals surface area contributed by atoms with Crippen LogP contribution in [0.2, 0.25) is 0 Å². The van der Waals surface area contributed by atoms with Crippen LogP contribution in [0.3, 0.4) is 0 Å². The Labute approximate surface area is 129 Å². The van der Waals surface area contributed by atoms with Gasteiger partial charge in [0.15, 0.2) is 0 Å². The molecule has 0 aromatic heterocycles. The van der Waals surface area contributed by atoms with Crippen LogP contribution in [0.15, 0.2) is 42.5 Å². The first-order valence-electron chi connectivity index (χ1n) is 7.57. The zero-order valence-electron chi connectivity index (χ0n) is 12.3. The minimum atomic E-state index is -0.821. The number of hydrogen-bond donors (Lipinski definition) is 2. The Morgan fingerprint density at radius 3 is 2.68 bits per heavy atom. The van der Waals surface area contributed by atoms with Crippen LogP contribution in [0, 0.1) is 0 Å². The monoisotopic (exact) mass is 297 g/mol. The molecule has 0 bridgehead atoms. The first kappa shape index (κ1) is 14.6. The smallest absolute Gasteiger partial charge is 0.303 e. The Morgan fingerprint density at radius 1 is 1.18 bits per heavy atom. The molecule has 114 valence electrons. The van der Waals surface area contributed by atoms with Gasteiger partial charge >= 0.3 is 5.97 Å². The van der Waals surface area contributed by atoms with E-state index >= 15 is 0 Å². The molecule has 2 aromatic carbocycles. The lowest BCUT2D eigenvalue weighted by molar-refractivity contribution is -0.137. The topological polar surface area (TPSA) is 66.4 Å². The lowest BCUT2D eigenvalue weighted by atomic mass is 9.83. The van der Waals surface area contributed by atoms with Crippen LogP contribution in [-0.2, 0) is 16.0 Å². The van der Waals surface area contributed by atoms with Gasteiger partial charge in [-0.25, -0.2) is 0 Å². The van der Waals surface area contributed by atoms with Crippen molar-refractivity contribution in [2.75, 3.05) is 0 Å². The summed E-state index contributed by atoms with van der Waals surface area (Å²) in [6, 6.07) is 14.3. The molecule has 1 aliphatic rings. The van der Waals surface area contributed by atoms with E-state index in [4.69, 9.17) is 5.11 Å². The normalized spacial score (nSPS) is 21.0. The van der Waals surface area contributed by atoms with Crippen LogP contribution < -0.4 is 5.32 Å². The highest BCUT2D eigenvalue weighted by Gasteiger charge is 2.38. The maximum atomic E-state index is 11.7. The lowest BCUT2D eigenvalue weighted by Gasteiger charge is -2.29. The number of fused-ring (bicyclic) bond motifs is 1. The highest BCUT2D eigenvalue weighted by atomic mass is 16.4. The number of carboxylic acid groups (broad SMARTS) is 1. The van der Waals surface area contributed by atoms with Gasteiger partial charge in [0.1, 0.15) is 0 Å². The number of rotatable bonds is 5. The zero-order chi connectivity index (χ0) is 15.6. The molecule has 1 heterocycles. The maximum Gasteiger partial charge on any atom is 0.303 e. The average Bonchev–Trinajstić information content (AvgIpc) is 2.87. The van der Waals surface area contributed by atoms with Gasteiger partial charge in [-0.15, -0.1) is 0 Å². The Bertz CT molecular complexity index is 720. The molecule has 1 atom stereocenters. The minimum Gasteiger partial charge on any atom is -0.481 e.